The Hall–Kier alpha value is -3.46. The SMILES string of the molecule is Cc1n[nH]cc1C(=O)Nc1ccc(-c2cc(N(C(=O)[C@H]3CC[C@H](C)CC3)C(C)C)c(C(=O)O)s2)cc1. The second-order valence-corrected chi connectivity index (χ2v) is 10.9. The Bertz CT molecular complexity index is 1250. The van der Waals surface area contributed by atoms with E-state index in [1.807, 2.05) is 26.0 Å². The minimum Gasteiger partial charge on any atom is -0.477 e. The lowest BCUT2D eigenvalue weighted by atomic mass is 9.82. The van der Waals surface area contributed by atoms with E-state index in [9.17, 15) is 19.5 Å². The third-order valence-corrected chi connectivity index (χ3v) is 7.95. The van der Waals surface area contributed by atoms with Crippen LogP contribution < -0.4 is 10.2 Å². The zero-order valence-electron chi connectivity index (χ0n) is 21.0. The van der Waals surface area contributed by atoms with Crippen LogP contribution >= 0.6 is 11.3 Å². The van der Waals surface area contributed by atoms with Gasteiger partial charge in [0.15, 0.2) is 0 Å². The van der Waals surface area contributed by atoms with E-state index in [0.29, 0.717) is 28.6 Å². The summed E-state index contributed by atoms with van der Waals surface area (Å²) in [7, 11) is 0. The molecule has 1 aliphatic rings. The minimum atomic E-state index is -1.05. The van der Waals surface area contributed by atoms with Crippen LogP contribution in [0.2, 0.25) is 0 Å². The molecule has 4 rings (SSSR count). The van der Waals surface area contributed by atoms with E-state index in [2.05, 4.69) is 22.4 Å². The number of carboxylic acid groups (broad SMARTS) is 1. The Labute approximate surface area is 214 Å². The number of amides is 2. The van der Waals surface area contributed by atoms with E-state index in [-0.39, 0.29) is 28.7 Å². The van der Waals surface area contributed by atoms with E-state index < -0.39 is 5.97 Å². The molecule has 190 valence electrons. The average Bonchev–Trinajstić information content (AvgIpc) is 3.47. The van der Waals surface area contributed by atoms with Crippen molar-refractivity contribution in [1.82, 2.24) is 10.2 Å². The van der Waals surface area contributed by atoms with Gasteiger partial charge in [-0.2, -0.15) is 5.10 Å². The van der Waals surface area contributed by atoms with Crippen molar-refractivity contribution in [2.45, 2.75) is 59.4 Å². The number of rotatable bonds is 7. The van der Waals surface area contributed by atoms with E-state index >= 15 is 0 Å². The molecule has 1 fully saturated rings. The summed E-state index contributed by atoms with van der Waals surface area (Å²) in [4.78, 5) is 40.7. The summed E-state index contributed by atoms with van der Waals surface area (Å²) in [5.74, 6) is -0.743. The van der Waals surface area contributed by atoms with Crippen molar-refractivity contribution < 1.29 is 19.5 Å². The molecule has 0 bridgehead atoms. The highest BCUT2D eigenvalue weighted by Crippen LogP contribution is 2.40. The van der Waals surface area contributed by atoms with Crippen LogP contribution in [-0.2, 0) is 4.79 Å². The number of aromatic carboxylic acids is 1. The van der Waals surface area contributed by atoms with Crippen molar-refractivity contribution in [2.24, 2.45) is 11.8 Å². The summed E-state index contributed by atoms with van der Waals surface area (Å²) in [6.07, 6.45) is 5.27. The van der Waals surface area contributed by atoms with Crippen LogP contribution in [0.1, 0.15) is 72.2 Å². The molecule has 9 heteroatoms. The number of nitrogens with zero attached hydrogens (tertiary/aromatic N) is 2. The molecule has 2 aromatic heterocycles. The van der Waals surface area contributed by atoms with Gasteiger partial charge in [0.1, 0.15) is 4.88 Å². The number of anilines is 2. The number of benzene rings is 1. The van der Waals surface area contributed by atoms with Crippen LogP contribution in [0.5, 0.6) is 0 Å². The van der Waals surface area contributed by atoms with Gasteiger partial charge in [0, 0.05) is 28.7 Å². The van der Waals surface area contributed by atoms with Gasteiger partial charge in [-0.3, -0.25) is 14.7 Å². The smallest absolute Gasteiger partial charge is 0.348 e. The molecule has 0 atom stereocenters. The molecule has 1 aliphatic carbocycles. The van der Waals surface area contributed by atoms with Crippen LogP contribution in [0.3, 0.4) is 0 Å². The van der Waals surface area contributed by atoms with Gasteiger partial charge in [-0.15, -0.1) is 11.3 Å². The van der Waals surface area contributed by atoms with Crippen molar-refractivity contribution in [1.29, 1.82) is 0 Å². The zero-order valence-corrected chi connectivity index (χ0v) is 21.8. The summed E-state index contributed by atoms with van der Waals surface area (Å²) in [5.41, 5.74) is 2.97. The lowest BCUT2D eigenvalue weighted by molar-refractivity contribution is -0.123. The van der Waals surface area contributed by atoms with Gasteiger partial charge in [-0.05, 0) is 76.1 Å². The van der Waals surface area contributed by atoms with Crippen LogP contribution in [0.15, 0.2) is 36.5 Å². The van der Waals surface area contributed by atoms with Gasteiger partial charge in [0.05, 0.1) is 16.9 Å². The quantitative estimate of drug-likeness (QED) is 0.364. The van der Waals surface area contributed by atoms with Crippen LogP contribution in [0, 0.1) is 18.8 Å². The first-order chi connectivity index (χ1) is 17.2. The molecule has 0 unspecified atom stereocenters. The predicted molar refractivity (Wildman–Crippen MR) is 142 cm³/mol. The fourth-order valence-corrected chi connectivity index (χ4v) is 5.71. The van der Waals surface area contributed by atoms with E-state index in [1.54, 1.807) is 36.2 Å². The molecule has 1 saturated carbocycles. The number of aromatic amines is 1. The standard InChI is InChI=1S/C27H32N4O4S/c1-15(2)31(26(33)19-7-5-16(3)6-8-19)22-13-23(36-24(22)27(34)35)18-9-11-20(12-10-18)29-25(32)21-14-28-30-17(21)4/h9-16,19H,5-8H2,1-4H3,(H,28,30)(H,29,32)(H,34,35)/t16-,19-. The number of carbonyl (C=O) groups is 3. The van der Waals surface area contributed by atoms with Gasteiger partial charge in [0.25, 0.3) is 5.91 Å². The number of aromatic nitrogens is 2. The molecule has 2 heterocycles. The maximum absolute atomic E-state index is 13.5. The molecule has 2 amide bonds. The van der Waals surface area contributed by atoms with E-state index in [1.165, 1.54) is 0 Å². The molecule has 0 aliphatic heterocycles. The number of H-pyrrole nitrogens is 1. The highest BCUT2D eigenvalue weighted by atomic mass is 32.1. The monoisotopic (exact) mass is 508 g/mol. The summed E-state index contributed by atoms with van der Waals surface area (Å²) in [6, 6.07) is 8.86. The summed E-state index contributed by atoms with van der Waals surface area (Å²) < 4.78 is 0. The Balaban J connectivity index is 1.59. The van der Waals surface area contributed by atoms with Crippen molar-refractivity contribution >= 4 is 40.5 Å². The molecule has 0 spiro atoms. The molecular weight excluding hydrogens is 476 g/mol. The van der Waals surface area contributed by atoms with Crippen molar-refractivity contribution in [2.75, 3.05) is 10.2 Å². The Morgan fingerprint density at radius 3 is 2.36 bits per heavy atom. The van der Waals surface area contributed by atoms with Crippen LogP contribution in [0.25, 0.3) is 10.4 Å². The molecule has 0 saturated heterocycles. The highest BCUT2D eigenvalue weighted by Gasteiger charge is 2.33. The number of carboxylic acids is 1. The first-order valence-corrected chi connectivity index (χ1v) is 13.1. The van der Waals surface area contributed by atoms with Gasteiger partial charge in [0.2, 0.25) is 5.91 Å². The fourth-order valence-electron chi connectivity index (χ4n) is 4.72. The first-order valence-electron chi connectivity index (χ1n) is 12.3. The Morgan fingerprint density at radius 2 is 1.81 bits per heavy atom. The molecule has 0 radical (unpaired) electrons. The largest absolute Gasteiger partial charge is 0.477 e. The number of hydrogen-bond acceptors (Lipinski definition) is 5. The maximum atomic E-state index is 13.5. The molecule has 3 aromatic rings. The maximum Gasteiger partial charge on any atom is 0.348 e. The lowest BCUT2D eigenvalue weighted by Crippen LogP contribution is -2.42. The van der Waals surface area contributed by atoms with Crippen LogP contribution in [0.4, 0.5) is 11.4 Å². The minimum absolute atomic E-state index is 0.0105. The molecule has 3 N–H and O–H groups in total. The second kappa shape index (κ2) is 10.7. The molecule has 1 aromatic carbocycles. The average molecular weight is 509 g/mol. The number of thiophene rings is 1. The van der Waals surface area contributed by atoms with Gasteiger partial charge in [-0.25, -0.2) is 4.79 Å². The molecular formula is C27H32N4O4S. The second-order valence-electron chi connectivity index (χ2n) is 9.80. The third kappa shape index (κ3) is 5.36. The highest BCUT2D eigenvalue weighted by molar-refractivity contribution is 7.18. The number of nitrogens with one attached hydrogen (secondary N) is 2. The van der Waals surface area contributed by atoms with Gasteiger partial charge < -0.3 is 15.3 Å². The van der Waals surface area contributed by atoms with Crippen molar-refractivity contribution in [3.63, 3.8) is 0 Å². The van der Waals surface area contributed by atoms with E-state index in [4.69, 9.17) is 0 Å². The summed E-state index contributed by atoms with van der Waals surface area (Å²) >= 11 is 1.16. The summed E-state index contributed by atoms with van der Waals surface area (Å²) in [6.45, 7) is 7.81. The third-order valence-electron chi connectivity index (χ3n) is 6.79. The van der Waals surface area contributed by atoms with E-state index in [0.717, 1.165) is 47.5 Å². The summed E-state index contributed by atoms with van der Waals surface area (Å²) in [5, 5.41) is 19.4. The van der Waals surface area contributed by atoms with Gasteiger partial charge in [-0.1, -0.05) is 19.1 Å². The number of hydrogen-bond donors (Lipinski definition) is 3. The van der Waals surface area contributed by atoms with Crippen molar-refractivity contribution in [3.05, 3.63) is 52.7 Å². The topological polar surface area (TPSA) is 115 Å². The fraction of sp³-hybridized carbons (Fsp3) is 0.407. The molecule has 36 heavy (non-hydrogen) atoms. The number of carbonyl (C=O) groups excluding carboxylic acids is 2. The lowest BCUT2D eigenvalue weighted by Gasteiger charge is -2.33. The first kappa shape index (κ1) is 25.6. The van der Waals surface area contributed by atoms with Crippen LogP contribution in [-0.4, -0.2) is 39.1 Å². The zero-order chi connectivity index (χ0) is 26.0. The number of aryl methyl sites for hydroxylation is 1. The normalized spacial score (nSPS) is 17.7. The Kier molecular flexibility index (Phi) is 7.59. The Morgan fingerprint density at radius 1 is 1.14 bits per heavy atom. The van der Waals surface area contributed by atoms with Crippen molar-refractivity contribution in [3.8, 4) is 10.4 Å². The predicted octanol–water partition coefficient (Wildman–Crippen LogP) is 5.96. The molecule has 8 nitrogen and oxygen atoms in total. The van der Waals surface area contributed by atoms with Gasteiger partial charge >= 0.3 is 5.97 Å².